The van der Waals surface area contributed by atoms with Gasteiger partial charge in [0.15, 0.2) is 6.10 Å². The van der Waals surface area contributed by atoms with Crippen LogP contribution in [0.4, 0.5) is 0 Å². The van der Waals surface area contributed by atoms with Crippen LogP contribution in [0.2, 0.25) is 0 Å². The number of carbonyl (C=O) groups excluding carboxylic acids is 2. The highest BCUT2D eigenvalue weighted by Crippen LogP contribution is 2.16. The third-order valence-corrected chi connectivity index (χ3v) is 15.1. The largest absolute Gasteiger partial charge is 0.477 e. The van der Waals surface area contributed by atoms with Gasteiger partial charge in [0.25, 0.3) is 6.29 Å². The topological polar surface area (TPSA) is 108 Å². The van der Waals surface area contributed by atoms with Crippen molar-refractivity contribution in [3.8, 4) is 0 Å². The maximum Gasteiger partial charge on any atom is 0.361 e. The number of esters is 2. The van der Waals surface area contributed by atoms with Crippen molar-refractivity contribution in [3.63, 3.8) is 0 Å². The highest BCUT2D eigenvalue weighted by atomic mass is 16.7. The summed E-state index contributed by atoms with van der Waals surface area (Å²) in [5.74, 6) is -2.04. The number of unbranched alkanes of at least 4 members (excludes halogenated alkanes) is 26. The standard InChI is InChI=1S/C80H133NO8/c1-6-8-10-12-14-16-18-20-22-24-26-28-30-32-33-34-35-36-37-38-39-40-41-42-43-44-45-47-49-51-53-55-57-59-61-63-65-67-69-71-78(83)89-76(75-88-80(79(84)85)86-73-72-81(3,4)5)74-87-77(82)70-68-66-64-62-60-58-56-54-52-50-48-46-31-29-27-25-23-21-19-17-15-13-11-9-7-2/h8,10,14,16,20,22,25-28,32-33,35-36,38-39,41-42,44-45,49,51,55,57,76,80H,6-7,9,11-13,15,17-19,21,23-24,29-31,34,37,40,43,46-48,50,52-54,56,58-75H2,1-5H3/p+1/b10-8-,16-14-,22-20-,27-25-,28-26-,33-32-,36-35-,39-38-,42-41-,45-44-,51-49-,57-55-. The minimum atomic E-state index is -1.53. The summed E-state index contributed by atoms with van der Waals surface area (Å²) in [4.78, 5) is 37.6. The molecule has 2 atom stereocenters. The van der Waals surface area contributed by atoms with Crippen LogP contribution in [0.5, 0.6) is 0 Å². The van der Waals surface area contributed by atoms with Crippen LogP contribution < -0.4 is 0 Å². The summed E-state index contributed by atoms with van der Waals surface area (Å²) in [5, 5.41) is 9.75. The van der Waals surface area contributed by atoms with Gasteiger partial charge in [0.05, 0.1) is 34.4 Å². The van der Waals surface area contributed by atoms with E-state index in [0.717, 1.165) is 122 Å². The van der Waals surface area contributed by atoms with Crippen LogP contribution in [0.1, 0.15) is 284 Å². The molecule has 0 saturated heterocycles. The second-order valence-corrected chi connectivity index (χ2v) is 24.8. The van der Waals surface area contributed by atoms with Crippen LogP contribution in [0.3, 0.4) is 0 Å². The van der Waals surface area contributed by atoms with Crippen LogP contribution >= 0.6 is 0 Å². The number of carbonyl (C=O) groups is 3. The lowest BCUT2D eigenvalue weighted by Crippen LogP contribution is -2.40. The fourth-order valence-electron chi connectivity index (χ4n) is 9.60. The van der Waals surface area contributed by atoms with E-state index in [0.29, 0.717) is 23.9 Å². The first kappa shape index (κ1) is 84.2. The fraction of sp³-hybridized carbons (Fsp3) is 0.662. The molecule has 0 radical (unpaired) electrons. The molecule has 0 bridgehead atoms. The number of carboxylic acid groups (broad SMARTS) is 1. The zero-order chi connectivity index (χ0) is 64.7. The normalized spacial score (nSPS) is 13.6. The van der Waals surface area contributed by atoms with Gasteiger partial charge in [-0.25, -0.2) is 4.79 Å². The van der Waals surface area contributed by atoms with Crippen molar-refractivity contribution in [2.45, 2.75) is 296 Å². The lowest BCUT2D eigenvalue weighted by molar-refractivity contribution is -0.870. The molecule has 1 N–H and O–H groups in total. The van der Waals surface area contributed by atoms with E-state index >= 15 is 0 Å². The molecule has 0 rings (SSSR count). The third kappa shape index (κ3) is 70.5. The molecular formula is C80H134NO8+. The average molecular weight is 1240 g/mol. The predicted octanol–water partition coefficient (Wildman–Crippen LogP) is 22.7. The van der Waals surface area contributed by atoms with Gasteiger partial charge in [-0.1, -0.05) is 295 Å². The van der Waals surface area contributed by atoms with Gasteiger partial charge in [-0.15, -0.1) is 0 Å². The van der Waals surface area contributed by atoms with Gasteiger partial charge < -0.3 is 28.5 Å². The molecule has 0 aliphatic carbocycles. The van der Waals surface area contributed by atoms with E-state index in [9.17, 15) is 19.5 Å². The molecule has 2 unspecified atom stereocenters. The van der Waals surface area contributed by atoms with Crippen molar-refractivity contribution >= 4 is 17.9 Å². The van der Waals surface area contributed by atoms with Gasteiger partial charge in [-0.3, -0.25) is 9.59 Å². The van der Waals surface area contributed by atoms with Crippen molar-refractivity contribution in [1.29, 1.82) is 0 Å². The molecule has 9 nitrogen and oxygen atoms in total. The number of hydrogen-bond acceptors (Lipinski definition) is 7. The van der Waals surface area contributed by atoms with Gasteiger partial charge >= 0.3 is 17.9 Å². The Morgan fingerprint density at radius 1 is 0.348 bits per heavy atom. The Kier molecular flexibility index (Phi) is 65.3. The van der Waals surface area contributed by atoms with Gasteiger partial charge in [-0.05, 0) is 122 Å². The first-order chi connectivity index (χ1) is 43.6. The fourth-order valence-corrected chi connectivity index (χ4v) is 9.60. The predicted molar refractivity (Wildman–Crippen MR) is 382 cm³/mol. The molecule has 0 aliphatic rings. The van der Waals surface area contributed by atoms with Crippen LogP contribution in [-0.2, 0) is 33.3 Å². The van der Waals surface area contributed by atoms with E-state index in [1.54, 1.807) is 0 Å². The van der Waals surface area contributed by atoms with E-state index < -0.39 is 24.3 Å². The van der Waals surface area contributed by atoms with Gasteiger partial charge in [0.1, 0.15) is 13.2 Å². The summed E-state index contributed by atoms with van der Waals surface area (Å²) in [6, 6.07) is 0. The van der Waals surface area contributed by atoms with Crippen molar-refractivity contribution in [3.05, 3.63) is 146 Å². The Morgan fingerprint density at radius 3 is 0.966 bits per heavy atom. The Balaban J connectivity index is 4.21. The van der Waals surface area contributed by atoms with E-state index in [1.165, 1.54) is 128 Å². The highest BCUT2D eigenvalue weighted by molar-refractivity contribution is 5.71. The molecule has 0 aromatic heterocycles. The highest BCUT2D eigenvalue weighted by Gasteiger charge is 2.25. The molecule has 0 heterocycles. The Hall–Kier alpha value is -4.83. The number of quaternary nitrogens is 1. The minimum absolute atomic E-state index is 0.177. The minimum Gasteiger partial charge on any atom is -0.477 e. The number of likely N-dealkylation sites (N-methyl/N-ethyl adjacent to an activating group) is 1. The zero-order valence-corrected chi connectivity index (χ0v) is 57.8. The third-order valence-electron chi connectivity index (χ3n) is 15.1. The molecule has 0 aliphatic heterocycles. The Morgan fingerprint density at radius 2 is 0.640 bits per heavy atom. The number of rotatable bonds is 65. The number of allylic oxidation sites excluding steroid dienone is 24. The lowest BCUT2D eigenvalue weighted by atomic mass is 10.0. The first-order valence-electron chi connectivity index (χ1n) is 36.0. The zero-order valence-electron chi connectivity index (χ0n) is 57.8. The first-order valence-corrected chi connectivity index (χ1v) is 36.0. The van der Waals surface area contributed by atoms with Gasteiger partial charge in [-0.2, -0.15) is 0 Å². The maximum absolute atomic E-state index is 12.9. The number of nitrogens with zero attached hydrogens (tertiary/aromatic N) is 1. The number of hydrogen-bond donors (Lipinski definition) is 1. The molecule has 0 aromatic carbocycles. The molecule has 0 amide bonds. The second kappa shape index (κ2) is 69.1. The van der Waals surface area contributed by atoms with E-state index in [1.807, 2.05) is 21.1 Å². The molecule has 0 fully saturated rings. The second-order valence-electron chi connectivity index (χ2n) is 24.8. The molecule has 0 aromatic rings. The number of aliphatic carboxylic acids is 1. The number of carboxylic acids is 1. The Labute approximate surface area is 547 Å². The summed E-state index contributed by atoms with van der Waals surface area (Å²) in [7, 11) is 5.96. The van der Waals surface area contributed by atoms with Crippen molar-refractivity contribution < 1.29 is 42.9 Å². The Bertz CT molecular complexity index is 1970. The van der Waals surface area contributed by atoms with Crippen molar-refractivity contribution in [1.82, 2.24) is 0 Å². The van der Waals surface area contributed by atoms with E-state index in [-0.39, 0.29) is 32.2 Å². The SMILES string of the molecule is CC/C=C\C/C=C\C/C=C\C/C=C\C/C=C\C/C=C\C/C=C\C/C=C\C/C=C\C/C=C\C/C=C\CCCCCCCC(=O)OC(COC(=O)CCCCCCCCCCCCCCC/C=C\CCCCCCCCCC)COC(OCC[N+](C)(C)C)C(=O)O. The lowest BCUT2D eigenvalue weighted by Gasteiger charge is -2.25. The summed E-state index contributed by atoms with van der Waals surface area (Å²) in [6.07, 6.45) is 98.2. The van der Waals surface area contributed by atoms with Crippen LogP contribution in [-0.4, -0.2) is 87.4 Å². The molecular weight excluding hydrogens is 1100 g/mol. The van der Waals surface area contributed by atoms with Crippen LogP contribution in [0, 0.1) is 0 Å². The smallest absolute Gasteiger partial charge is 0.361 e. The van der Waals surface area contributed by atoms with Crippen molar-refractivity contribution in [2.75, 3.05) is 47.5 Å². The monoisotopic (exact) mass is 1240 g/mol. The summed E-state index contributed by atoms with van der Waals surface area (Å²) in [6.45, 7) is 4.75. The molecule has 9 heteroatoms. The quantitative estimate of drug-likeness (QED) is 0.0211. The number of ether oxygens (including phenoxy) is 4. The van der Waals surface area contributed by atoms with E-state index in [4.69, 9.17) is 18.9 Å². The van der Waals surface area contributed by atoms with Crippen LogP contribution in [0.15, 0.2) is 146 Å². The molecule has 0 saturated carbocycles. The molecule has 506 valence electrons. The maximum atomic E-state index is 12.9. The summed E-state index contributed by atoms with van der Waals surface area (Å²) in [5.41, 5.74) is 0. The summed E-state index contributed by atoms with van der Waals surface area (Å²) < 4.78 is 23.0. The van der Waals surface area contributed by atoms with Crippen LogP contribution in [0.25, 0.3) is 0 Å². The molecule has 0 spiro atoms. The summed E-state index contributed by atoms with van der Waals surface area (Å²) >= 11 is 0. The van der Waals surface area contributed by atoms with Gasteiger partial charge in [0, 0.05) is 12.8 Å². The van der Waals surface area contributed by atoms with E-state index in [2.05, 4.69) is 160 Å². The van der Waals surface area contributed by atoms with Crippen molar-refractivity contribution in [2.24, 2.45) is 0 Å². The van der Waals surface area contributed by atoms with Gasteiger partial charge in [0.2, 0.25) is 0 Å². The average Bonchev–Trinajstić information content (AvgIpc) is 3.64. The molecule has 89 heavy (non-hydrogen) atoms.